The minimum Gasteiger partial charge on any atom is -0.258 e. The van der Waals surface area contributed by atoms with Crippen LogP contribution < -0.4 is 5.14 Å². The van der Waals surface area contributed by atoms with Crippen LogP contribution in [-0.4, -0.2) is 19.9 Å². The van der Waals surface area contributed by atoms with Gasteiger partial charge in [0.05, 0.1) is 11.5 Å². The molecule has 0 rings (SSSR count). The van der Waals surface area contributed by atoms with Gasteiger partial charge in [-0.15, -0.1) is 0 Å². The Hall–Kier alpha value is -1.25. The quantitative estimate of drug-likeness (QED) is 0.309. The Bertz CT molecular complexity index is 399. The summed E-state index contributed by atoms with van der Waals surface area (Å²) < 4.78 is 25.1. The molecule has 0 saturated heterocycles. The average Bonchev–Trinajstić information content (AvgIpc) is 2.11. The van der Waals surface area contributed by atoms with E-state index >= 15 is 0 Å². The fraction of sp³-hybridized carbons (Fsp3) is 0.500. The fourth-order valence-corrected chi connectivity index (χ4v) is 1.40. The van der Waals surface area contributed by atoms with Crippen LogP contribution >= 0.6 is 0 Å². The van der Waals surface area contributed by atoms with E-state index in [1.165, 1.54) is 0 Å². The molecule has 0 aromatic rings. The van der Waals surface area contributed by atoms with Gasteiger partial charge in [-0.05, 0) is 19.8 Å². The molecule has 0 bridgehead atoms. The zero-order chi connectivity index (χ0) is 12.8. The highest BCUT2D eigenvalue weighted by atomic mass is 32.2. The maximum atomic E-state index is 10.5. The first-order valence-corrected chi connectivity index (χ1v) is 5.89. The number of hydrogen-bond acceptors (Lipinski definition) is 5. The molecule has 0 aromatic heterocycles. The first-order valence-electron chi connectivity index (χ1n) is 4.41. The third kappa shape index (κ3) is 6.27. The third-order valence-corrected chi connectivity index (χ3v) is 2.27. The molecule has 0 aliphatic heterocycles. The van der Waals surface area contributed by atoms with Crippen molar-refractivity contribution >= 4 is 10.3 Å². The molecule has 0 radical (unpaired) electrons. The van der Waals surface area contributed by atoms with Crippen LogP contribution in [0.5, 0.6) is 0 Å². The molecule has 0 aliphatic rings. The van der Waals surface area contributed by atoms with Gasteiger partial charge in [0.1, 0.15) is 0 Å². The Kier molecular flexibility index (Phi) is 5.86. The van der Waals surface area contributed by atoms with Crippen molar-refractivity contribution in [3.63, 3.8) is 0 Å². The summed E-state index contributed by atoms with van der Waals surface area (Å²) in [6.45, 7) is 4.81. The lowest BCUT2D eigenvalue weighted by molar-refractivity contribution is -0.420. The van der Waals surface area contributed by atoms with Crippen molar-refractivity contribution in [2.24, 2.45) is 5.14 Å². The van der Waals surface area contributed by atoms with Gasteiger partial charge in [-0.1, -0.05) is 6.58 Å². The second kappa shape index (κ2) is 6.36. The van der Waals surface area contributed by atoms with Gasteiger partial charge in [-0.25, -0.2) is 5.14 Å². The predicted molar refractivity (Wildman–Crippen MR) is 58.2 cm³/mol. The maximum Gasteiger partial charge on any atom is 0.333 e. The SMILES string of the molecule is C=C/C(=C(\C)CCCOS(N)(=O)=O)[N+](=O)[O-]. The van der Waals surface area contributed by atoms with Gasteiger partial charge in [0.15, 0.2) is 0 Å². The third-order valence-electron chi connectivity index (χ3n) is 1.77. The Balaban J connectivity index is 4.21. The molecule has 2 N–H and O–H groups in total. The number of hydrogen-bond donors (Lipinski definition) is 1. The van der Waals surface area contributed by atoms with Crippen molar-refractivity contribution in [1.82, 2.24) is 0 Å². The van der Waals surface area contributed by atoms with Gasteiger partial charge in [-0.3, -0.25) is 14.3 Å². The molecule has 7 nitrogen and oxygen atoms in total. The lowest BCUT2D eigenvalue weighted by Crippen LogP contribution is -2.16. The average molecular weight is 250 g/mol. The number of allylic oxidation sites excluding steroid dienone is 2. The number of nitrogens with two attached hydrogens (primary N) is 1. The van der Waals surface area contributed by atoms with Crippen molar-refractivity contribution in [1.29, 1.82) is 0 Å². The molecule has 0 unspecified atom stereocenters. The maximum absolute atomic E-state index is 10.5. The Labute approximate surface area is 94.0 Å². The van der Waals surface area contributed by atoms with Crippen LogP contribution in [0.3, 0.4) is 0 Å². The summed E-state index contributed by atoms with van der Waals surface area (Å²) in [5.41, 5.74) is 0.439. The molecule has 0 spiro atoms. The summed E-state index contributed by atoms with van der Waals surface area (Å²) in [6, 6.07) is 0. The first-order chi connectivity index (χ1) is 7.28. The molecular weight excluding hydrogens is 236 g/mol. The zero-order valence-electron chi connectivity index (χ0n) is 8.88. The summed E-state index contributed by atoms with van der Waals surface area (Å²) in [6.07, 6.45) is 1.82. The largest absolute Gasteiger partial charge is 0.333 e. The van der Waals surface area contributed by atoms with Gasteiger partial charge in [0.25, 0.3) is 5.70 Å². The van der Waals surface area contributed by atoms with E-state index in [0.29, 0.717) is 18.4 Å². The molecule has 0 aliphatic carbocycles. The molecule has 92 valence electrons. The van der Waals surface area contributed by atoms with Crippen LogP contribution in [0.15, 0.2) is 23.9 Å². The summed E-state index contributed by atoms with van der Waals surface area (Å²) in [7, 11) is -3.93. The van der Waals surface area contributed by atoms with Gasteiger partial charge < -0.3 is 0 Å². The predicted octanol–water partition coefficient (Wildman–Crippen LogP) is 0.723. The molecule has 8 heteroatoms. The Morgan fingerprint density at radius 1 is 1.62 bits per heavy atom. The Morgan fingerprint density at radius 2 is 2.19 bits per heavy atom. The molecule has 0 fully saturated rings. The van der Waals surface area contributed by atoms with Crippen molar-refractivity contribution < 1.29 is 17.5 Å². The van der Waals surface area contributed by atoms with E-state index in [2.05, 4.69) is 15.9 Å². The topological polar surface area (TPSA) is 113 Å². The molecule has 16 heavy (non-hydrogen) atoms. The highest BCUT2D eigenvalue weighted by Gasteiger charge is 2.10. The summed E-state index contributed by atoms with van der Waals surface area (Å²) in [4.78, 5) is 9.95. The van der Waals surface area contributed by atoms with Crippen molar-refractivity contribution in [3.05, 3.63) is 34.0 Å². The second-order valence-electron chi connectivity index (χ2n) is 3.05. The minimum atomic E-state index is -3.93. The van der Waals surface area contributed by atoms with Crippen molar-refractivity contribution in [2.45, 2.75) is 19.8 Å². The Morgan fingerprint density at radius 3 is 2.56 bits per heavy atom. The van der Waals surface area contributed by atoms with E-state index in [1.807, 2.05) is 0 Å². The monoisotopic (exact) mass is 250 g/mol. The van der Waals surface area contributed by atoms with Crippen LogP contribution in [0.25, 0.3) is 0 Å². The van der Waals surface area contributed by atoms with Gasteiger partial charge in [0, 0.05) is 11.6 Å². The van der Waals surface area contributed by atoms with Crippen molar-refractivity contribution in [2.75, 3.05) is 6.61 Å². The minimum absolute atomic E-state index is 0.0735. The smallest absolute Gasteiger partial charge is 0.258 e. The molecule has 0 aromatic carbocycles. The van der Waals surface area contributed by atoms with Crippen molar-refractivity contribution in [3.8, 4) is 0 Å². The number of rotatable bonds is 7. The highest BCUT2D eigenvalue weighted by molar-refractivity contribution is 7.84. The van der Waals surface area contributed by atoms with Gasteiger partial charge in [0.2, 0.25) is 0 Å². The first kappa shape index (κ1) is 14.8. The zero-order valence-corrected chi connectivity index (χ0v) is 9.70. The van der Waals surface area contributed by atoms with Crippen LogP contribution in [0, 0.1) is 10.1 Å². The number of nitro groups is 1. The molecule has 0 atom stereocenters. The molecular formula is C8H14N2O5S. The summed E-state index contributed by atoms with van der Waals surface area (Å²) in [5, 5.41) is 15.1. The van der Waals surface area contributed by atoms with Gasteiger partial charge >= 0.3 is 10.3 Å². The standard InChI is InChI=1S/C8H14N2O5S/c1-3-8(10(11)12)7(2)5-4-6-15-16(9,13)14/h3H,1,4-6H2,2H3,(H2,9,13,14)/b8-7-. The molecule has 0 heterocycles. The fourth-order valence-electron chi connectivity index (χ4n) is 1.05. The lowest BCUT2D eigenvalue weighted by atomic mass is 10.1. The molecule has 0 saturated carbocycles. The van der Waals surface area contributed by atoms with E-state index in [9.17, 15) is 18.5 Å². The van der Waals surface area contributed by atoms with E-state index in [1.54, 1.807) is 6.92 Å². The van der Waals surface area contributed by atoms with Gasteiger partial charge in [-0.2, -0.15) is 8.42 Å². The van der Waals surface area contributed by atoms with E-state index < -0.39 is 15.2 Å². The highest BCUT2D eigenvalue weighted by Crippen LogP contribution is 2.12. The van der Waals surface area contributed by atoms with Crippen LogP contribution in [0.1, 0.15) is 19.8 Å². The second-order valence-corrected chi connectivity index (χ2v) is 4.27. The van der Waals surface area contributed by atoms with Crippen LogP contribution in [0.4, 0.5) is 0 Å². The summed E-state index contributed by atoms with van der Waals surface area (Å²) in [5.74, 6) is 0. The van der Waals surface area contributed by atoms with E-state index in [-0.39, 0.29) is 12.3 Å². The van der Waals surface area contributed by atoms with Crippen LogP contribution in [-0.2, 0) is 14.5 Å². The van der Waals surface area contributed by atoms with Crippen LogP contribution in [0.2, 0.25) is 0 Å². The van der Waals surface area contributed by atoms with E-state index in [0.717, 1.165) is 6.08 Å². The summed E-state index contributed by atoms with van der Waals surface area (Å²) >= 11 is 0. The normalized spacial score (nSPS) is 13.1. The number of nitrogens with zero attached hydrogens (tertiary/aromatic N) is 1. The molecule has 0 amide bonds. The van der Waals surface area contributed by atoms with E-state index in [4.69, 9.17) is 0 Å². The lowest BCUT2D eigenvalue weighted by Gasteiger charge is -2.02.